The molecule has 1 amide bonds. The summed E-state index contributed by atoms with van der Waals surface area (Å²) in [5.41, 5.74) is 2.03. The molecule has 1 aromatic carbocycles. The fourth-order valence-corrected chi connectivity index (χ4v) is 2.91. The van der Waals surface area contributed by atoms with Gasteiger partial charge in [0, 0.05) is 12.7 Å². The van der Waals surface area contributed by atoms with Crippen LogP contribution in [0.1, 0.15) is 19.7 Å². The van der Waals surface area contributed by atoms with Gasteiger partial charge in [-0.25, -0.2) is 4.98 Å². The molecule has 3 aromatic rings. The standard InChI is InChI=1S/C17H20ClN5O/c1-3-23-15-7-5-4-6-14(15)21-16(23)9-19-17(24)12(2)10-22-11-13(18)8-20-22/h4-8,11-12H,3,9-10H2,1-2H3,(H,19,24). The summed E-state index contributed by atoms with van der Waals surface area (Å²) in [6, 6.07) is 7.99. The summed E-state index contributed by atoms with van der Waals surface area (Å²) in [6.45, 7) is 5.65. The first kappa shape index (κ1) is 16.5. The van der Waals surface area contributed by atoms with Gasteiger partial charge >= 0.3 is 0 Å². The molecule has 0 bridgehead atoms. The highest BCUT2D eigenvalue weighted by Gasteiger charge is 2.16. The van der Waals surface area contributed by atoms with Gasteiger partial charge in [0.25, 0.3) is 0 Å². The number of halogens is 1. The maximum atomic E-state index is 12.3. The molecule has 24 heavy (non-hydrogen) atoms. The second-order valence-corrected chi connectivity index (χ2v) is 6.20. The summed E-state index contributed by atoms with van der Waals surface area (Å²) >= 11 is 5.84. The average molecular weight is 346 g/mol. The minimum Gasteiger partial charge on any atom is -0.349 e. The summed E-state index contributed by atoms with van der Waals surface area (Å²) in [4.78, 5) is 16.9. The Morgan fingerprint density at radius 1 is 1.38 bits per heavy atom. The van der Waals surface area contributed by atoms with Crippen molar-refractivity contribution >= 4 is 28.5 Å². The largest absolute Gasteiger partial charge is 0.349 e. The van der Waals surface area contributed by atoms with Gasteiger partial charge in [0.15, 0.2) is 0 Å². The lowest BCUT2D eigenvalue weighted by molar-refractivity contribution is -0.125. The van der Waals surface area contributed by atoms with Crippen molar-refractivity contribution in [2.75, 3.05) is 0 Å². The third kappa shape index (κ3) is 3.43. The third-order valence-electron chi connectivity index (χ3n) is 3.98. The van der Waals surface area contributed by atoms with E-state index in [4.69, 9.17) is 11.6 Å². The Hall–Kier alpha value is -2.34. The van der Waals surface area contributed by atoms with E-state index in [1.165, 1.54) is 0 Å². The van der Waals surface area contributed by atoms with E-state index in [1.54, 1.807) is 17.1 Å². The maximum Gasteiger partial charge on any atom is 0.225 e. The maximum absolute atomic E-state index is 12.3. The van der Waals surface area contributed by atoms with Crippen LogP contribution in [0.5, 0.6) is 0 Å². The number of fused-ring (bicyclic) bond motifs is 1. The summed E-state index contributed by atoms with van der Waals surface area (Å²) < 4.78 is 3.79. The molecule has 3 rings (SSSR count). The van der Waals surface area contributed by atoms with Gasteiger partial charge in [0.1, 0.15) is 5.82 Å². The number of hydrogen-bond donors (Lipinski definition) is 1. The highest BCUT2D eigenvalue weighted by molar-refractivity contribution is 6.30. The number of para-hydroxylation sites is 2. The van der Waals surface area contributed by atoms with Gasteiger partial charge in [-0.15, -0.1) is 0 Å². The Morgan fingerprint density at radius 3 is 2.88 bits per heavy atom. The van der Waals surface area contributed by atoms with Crippen LogP contribution >= 0.6 is 11.6 Å². The summed E-state index contributed by atoms with van der Waals surface area (Å²) in [5.74, 6) is 0.623. The lowest BCUT2D eigenvalue weighted by Gasteiger charge is -2.13. The SMILES string of the molecule is CCn1c(CNC(=O)C(C)Cn2cc(Cl)cn2)nc2ccccc21. The monoisotopic (exact) mass is 345 g/mol. The van der Waals surface area contributed by atoms with Crippen molar-refractivity contribution in [1.29, 1.82) is 0 Å². The Morgan fingerprint density at radius 2 is 2.17 bits per heavy atom. The molecule has 0 saturated carbocycles. The van der Waals surface area contributed by atoms with Gasteiger partial charge in [0.2, 0.25) is 5.91 Å². The smallest absolute Gasteiger partial charge is 0.225 e. The van der Waals surface area contributed by atoms with Crippen LogP contribution in [0, 0.1) is 5.92 Å². The number of aryl methyl sites for hydroxylation is 1. The van der Waals surface area contributed by atoms with Crippen LogP contribution in [0.4, 0.5) is 0 Å². The molecule has 0 aliphatic rings. The quantitative estimate of drug-likeness (QED) is 0.747. The van der Waals surface area contributed by atoms with Crippen molar-refractivity contribution in [3.63, 3.8) is 0 Å². The zero-order valence-corrected chi connectivity index (χ0v) is 14.5. The average Bonchev–Trinajstić information content (AvgIpc) is 3.15. The molecule has 1 N–H and O–H groups in total. The first-order chi connectivity index (χ1) is 11.6. The molecular weight excluding hydrogens is 326 g/mol. The normalized spacial score (nSPS) is 12.5. The van der Waals surface area contributed by atoms with E-state index in [0.29, 0.717) is 18.1 Å². The number of rotatable bonds is 6. The van der Waals surface area contributed by atoms with E-state index in [9.17, 15) is 4.79 Å². The molecule has 2 aromatic heterocycles. The van der Waals surface area contributed by atoms with Crippen molar-refractivity contribution < 1.29 is 4.79 Å². The number of amides is 1. The van der Waals surface area contributed by atoms with E-state index < -0.39 is 0 Å². The summed E-state index contributed by atoms with van der Waals surface area (Å²) in [5, 5.41) is 7.63. The number of aromatic nitrogens is 4. The van der Waals surface area contributed by atoms with Crippen molar-refractivity contribution in [1.82, 2.24) is 24.6 Å². The molecule has 2 heterocycles. The zero-order valence-electron chi connectivity index (χ0n) is 13.7. The van der Waals surface area contributed by atoms with E-state index in [0.717, 1.165) is 23.4 Å². The second-order valence-electron chi connectivity index (χ2n) is 5.76. The molecule has 0 radical (unpaired) electrons. The Bertz CT molecular complexity index is 854. The molecule has 0 aliphatic carbocycles. The summed E-state index contributed by atoms with van der Waals surface area (Å²) in [7, 11) is 0. The van der Waals surface area contributed by atoms with Gasteiger partial charge < -0.3 is 9.88 Å². The lowest BCUT2D eigenvalue weighted by Crippen LogP contribution is -2.32. The second kappa shape index (κ2) is 7.05. The molecule has 6 nitrogen and oxygen atoms in total. The predicted octanol–water partition coefficient (Wildman–Crippen LogP) is 2.86. The zero-order chi connectivity index (χ0) is 17.1. The van der Waals surface area contributed by atoms with Gasteiger partial charge in [-0.1, -0.05) is 30.7 Å². The number of hydrogen-bond acceptors (Lipinski definition) is 3. The van der Waals surface area contributed by atoms with Crippen LogP contribution in [0.3, 0.4) is 0 Å². The molecule has 0 fully saturated rings. The summed E-state index contributed by atoms with van der Waals surface area (Å²) in [6.07, 6.45) is 3.28. The fourth-order valence-electron chi connectivity index (χ4n) is 2.76. The number of carbonyl (C=O) groups excluding carboxylic acids is 1. The topological polar surface area (TPSA) is 64.7 Å². The molecule has 0 saturated heterocycles. The van der Waals surface area contributed by atoms with Crippen molar-refractivity contribution in [2.45, 2.75) is 33.5 Å². The van der Waals surface area contributed by atoms with Gasteiger partial charge in [-0.3, -0.25) is 9.48 Å². The molecule has 7 heteroatoms. The molecule has 126 valence electrons. The molecule has 0 spiro atoms. The van der Waals surface area contributed by atoms with Crippen LogP contribution in [-0.2, 0) is 24.4 Å². The first-order valence-corrected chi connectivity index (χ1v) is 8.36. The molecule has 1 unspecified atom stereocenters. The minimum atomic E-state index is -0.208. The van der Waals surface area contributed by atoms with Crippen LogP contribution < -0.4 is 5.32 Å². The molecule has 0 aliphatic heterocycles. The highest BCUT2D eigenvalue weighted by Crippen LogP contribution is 2.16. The number of carbonyl (C=O) groups is 1. The lowest BCUT2D eigenvalue weighted by atomic mass is 10.1. The Kier molecular flexibility index (Phi) is 4.85. The van der Waals surface area contributed by atoms with E-state index in [2.05, 4.69) is 26.9 Å². The van der Waals surface area contributed by atoms with Gasteiger partial charge in [0.05, 0.1) is 41.3 Å². The number of nitrogens with one attached hydrogen (secondary N) is 1. The number of imidazole rings is 1. The van der Waals surface area contributed by atoms with Crippen molar-refractivity contribution in [3.8, 4) is 0 Å². The molecular formula is C17H20ClN5O. The van der Waals surface area contributed by atoms with Crippen molar-refractivity contribution in [3.05, 3.63) is 47.5 Å². The highest BCUT2D eigenvalue weighted by atomic mass is 35.5. The third-order valence-corrected chi connectivity index (χ3v) is 4.18. The van der Waals surface area contributed by atoms with Gasteiger partial charge in [-0.05, 0) is 19.1 Å². The fraction of sp³-hybridized carbons (Fsp3) is 0.353. The first-order valence-electron chi connectivity index (χ1n) is 7.98. The van der Waals surface area contributed by atoms with E-state index >= 15 is 0 Å². The van der Waals surface area contributed by atoms with Gasteiger partial charge in [-0.2, -0.15) is 5.10 Å². The Balaban J connectivity index is 1.65. The van der Waals surface area contributed by atoms with Crippen LogP contribution in [-0.4, -0.2) is 25.2 Å². The predicted molar refractivity (Wildman–Crippen MR) is 93.7 cm³/mol. The number of nitrogens with zero attached hydrogens (tertiary/aromatic N) is 4. The van der Waals surface area contributed by atoms with E-state index in [1.807, 2.05) is 31.2 Å². The van der Waals surface area contributed by atoms with Crippen LogP contribution in [0.2, 0.25) is 5.02 Å². The van der Waals surface area contributed by atoms with Crippen LogP contribution in [0.25, 0.3) is 11.0 Å². The van der Waals surface area contributed by atoms with Crippen molar-refractivity contribution in [2.24, 2.45) is 5.92 Å². The molecule has 1 atom stereocenters. The van der Waals surface area contributed by atoms with E-state index in [-0.39, 0.29) is 11.8 Å². The minimum absolute atomic E-state index is 0.0312. The van der Waals surface area contributed by atoms with Crippen LogP contribution in [0.15, 0.2) is 36.7 Å². The number of benzene rings is 1. The Labute approximate surface area is 145 Å².